The Kier molecular flexibility index (Phi) is 3.11. The van der Waals surface area contributed by atoms with E-state index in [4.69, 9.17) is 5.73 Å². The molecule has 1 heterocycles. The first-order valence-electron chi connectivity index (χ1n) is 3.78. The smallest absolute Gasteiger partial charge is 0.107 e. The summed E-state index contributed by atoms with van der Waals surface area (Å²) >= 11 is 0. The summed E-state index contributed by atoms with van der Waals surface area (Å²) in [6.07, 6.45) is 2.71. The molecule has 1 aromatic heterocycles. The molecule has 0 atom stereocenters. The van der Waals surface area contributed by atoms with Gasteiger partial charge in [0.25, 0.3) is 0 Å². The Morgan fingerprint density at radius 2 is 2.36 bits per heavy atom. The highest BCUT2D eigenvalue weighted by atomic mass is 19.1. The molecule has 1 aromatic rings. The molecule has 0 aliphatic carbocycles. The van der Waals surface area contributed by atoms with Crippen molar-refractivity contribution in [3.63, 3.8) is 0 Å². The first kappa shape index (κ1) is 8.27. The van der Waals surface area contributed by atoms with Gasteiger partial charge >= 0.3 is 0 Å². The summed E-state index contributed by atoms with van der Waals surface area (Å²) in [6.45, 7) is 0.755. The van der Waals surface area contributed by atoms with E-state index in [1.54, 1.807) is 0 Å². The topological polar surface area (TPSA) is 30.9 Å². The molecular weight excluding hydrogens is 143 g/mol. The van der Waals surface area contributed by atoms with Crippen LogP contribution in [0.5, 0.6) is 0 Å². The third-order valence-electron chi connectivity index (χ3n) is 1.65. The van der Waals surface area contributed by atoms with Crippen LogP contribution in [0.2, 0.25) is 0 Å². The molecule has 0 aromatic carbocycles. The molecule has 0 amide bonds. The van der Waals surface area contributed by atoms with Crippen molar-refractivity contribution in [1.82, 2.24) is 4.57 Å². The van der Waals surface area contributed by atoms with Crippen LogP contribution < -0.4 is 5.73 Å². The third-order valence-corrected chi connectivity index (χ3v) is 1.65. The molecule has 0 radical (unpaired) electrons. The Hall–Kier alpha value is -0.830. The fourth-order valence-corrected chi connectivity index (χ4v) is 1.13. The van der Waals surface area contributed by atoms with E-state index in [2.05, 4.69) is 0 Å². The van der Waals surface area contributed by atoms with Crippen molar-refractivity contribution in [3.05, 3.63) is 24.0 Å². The van der Waals surface area contributed by atoms with Crippen molar-refractivity contribution in [3.8, 4) is 0 Å². The Bertz CT molecular complexity index is 187. The molecule has 62 valence electrons. The number of hydrogen-bond acceptors (Lipinski definition) is 1. The molecule has 0 saturated heterocycles. The second-order valence-electron chi connectivity index (χ2n) is 2.42. The molecule has 0 spiro atoms. The molecule has 0 aliphatic rings. The largest absolute Gasteiger partial charge is 0.349 e. The van der Waals surface area contributed by atoms with Crippen molar-refractivity contribution in [1.29, 1.82) is 0 Å². The molecule has 0 aliphatic heterocycles. The van der Waals surface area contributed by atoms with Crippen molar-refractivity contribution in [2.24, 2.45) is 5.73 Å². The monoisotopic (exact) mass is 156 g/mol. The van der Waals surface area contributed by atoms with Crippen LogP contribution in [0.1, 0.15) is 5.69 Å². The van der Waals surface area contributed by atoms with E-state index in [-0.39, 0.29) is 6.67 Å². The number of alkyl halides is 1. The average molecular weight is 156 g/mol. The van der Waals surface area contributed by atoms with Gasteiger partial charge in [-0.15, -0.1) is 0 Å². The van der Waals surface area contributed by atoms with Crippen molar-refractivity contribution in [2.75, 3.05) is 13.2 Å². The van der Waals surface area contributed by atoms with Gasteiger partial charge in [-0.1, -0.05) is 0 Å². The quantitative estimate of drug-likeness (QED) is 0.691. The summed E-state index contributed by atoms with van der Waals surface area (Å²) < 4.78 is 13.8. The highest BCUT2D eigenvalue weighted by molar-refractivity contribution is 5.07. The zero-order valence-electron chi connectivity index (χ0n) is 6.46. The van der Waals surface area contributed by atoms with Gasteiger partial charge in [0.15, 0.2) is 0 Å². The lowest BCUT2D eigenvalue weighted by Crippen LogP contribution is -2.09. The Balaban J connectivity index is 2.62. The Morgan fingerprint density at radius 3 is 3.00 bits per heavy atom. The Labute approximate surface area is 65.8 Å². The van der Waals surface area contributed by atoms with E-state index in [1.165, 1.54) is 0 Å². The van der Waals surface area contributed by atoms with E-state index in [1.807, 2.05) is 22.9 Å². The predicted molar refractivity (Wildman–Crippen MR) is 43.2 cm³/mol. The van der Waals surface area contributed by atoms with E-state index in [0.29, 0.717) is 13.1 Å². The van der Waals surface area contributed by atoms with Gasteiger partial charge in [0.1, 0.15) is 6.67 Å². The highest BCUT2D eigenvalue weighted by Gasteiger charge is 1.97. The van der Waals surface area contributed by atoms with Crippen LogP contribution in [0.25, 0.3) is 0 Å². The maximum atomic E-state index is 11.9. The second-order valence-corrected chi connectivity index (χ2v) is 2.42. The highest BCUT2D eigenvalue weighted by Crippen LogP contribution is 2.02. The number of nitrogens with zero attached hydrogens (tertiary/aromatic N) is 1. The molecule has 2 N–H and O–H groups in total. The first-order chi connectivity index (χ1) is 5.38. The van der Waals surface area contributed by atoms with Crippen LogP contribution in [-0.2, 0) is 13.0 Å². The maximum Gasteiger partial charge on any atom is 0.107 e. The number of rotatable bonds is 4. The van der Waals surface area contributed by atoms with Crippen LogP contribution >= 0.6 is 0 Å². The van der Waals surface area contributed by atoms with Crippen LogP contribution in [0.3, 0.4) is 0 Å². The predicted octanol–water partition coefficient (Wildman–Crippen LogP) is 0.959. The van der Waals surface area contributed by atoms with Crippen molar-refractivity contribution >= 4 is 0 Å². The second kappa shape index (κ2) is 4.13. The SMILES string of the molecule is NCCc1cccn1CCF. The summed E-state index contributed by atoms with van der Waals surface area (Å²) in [5, 5.41) is 0. The number of hydrogen-bond donors (Lipinski definition) is 1. The lowest BCUT2D eigenvalue weighted by molar-refractivity contribution is 0.441. The summed E-state index contributed by atoms with van der Waals surface area (Å²) in [6, 6.07) is 3.89. The van der Waals surface area contributed by atoms with Gasteiger partial charge in [-0.2, -0.15) is 0 Å². The van der Waals surface area contributed by atoms with Gasteiger partial charge in [-0.3, -0.25) is 0 Å². The summed E-state index contributed by atoms with van der Waals surface area (Å²) in [5.74, 6) is 0. The molecular formula is C8H13FN2. The van der Waals surface area contributed by atoms with E-state index in [0.717, 1.165) is 12.1 Å². The molecule has 1 rings (SSSR count). The number of nitrogens with two attached hydrogens (primary N) is 1. The normalized spacial score (nSPS) is 10.4. The number of halogens is 1. The maximum absolute atomic E-state index is 11.9. The van der Waals surface area contributed by atoms with Gasteiger partial charge in [-0.25, -0.2) is 4.39 Å². The van der Waals surface area contributed by atoms with Gasteiger partial charge in [0, 0.05) is 11.9 Å². The molecule has 0 saturated carbocycles. The zero-order chi connectivity index (χ0) is 8.10. The molecule has 2 nitrogen and oxygen atoms in total. The van der Waals surface area contributed by atoms with Crippen molar-refractivity contribution < 1.29 is 4.39 Å². The van der Waals surface area contributed by atoms with Gasteiger partial charge in [-0.05, 0) is 25.1 Å². The van der Waals surface area contributed by atoms with Crippen LogP contribution in [0, 0.1) is 0 Å². The summed E-state index contributed by atoms with van der Waals surface area (Å²) in [5.41, 5.74) is 6.49. The lowest BCUT2D eigenvalue weighted by Gasteiger charge is -2.04. The minimum absolute atomic E-state index is 0.313. The fourth-order valence-electron chi connectivity index (χ4n) is 1.13. The average Bonchev–Trinajstić information content (AvgIpc) is 2.39. The van der Waals surface area contributed by atoms with Crippen molar-refractivity contribution in [2.45, 2.75) is 13.0 Å². The molecule has 0 bridgehead atoms. The standard InChI is InChI=1S/C8H13FN2/c9-4-7-11-6-1-2-8(11)3-5-10/h1-2,6H,3-5,7,10H2. The number of aryl methyl sites for hydroxylation is 1. The minimum atomic E-state index is -0.313. The van der Waals surface area contributed by atoms with Crippen LogP contribution in [-0.4, -0.2) is 17.8 Å². The summed E-state index contributed by atoms with van der Waals surface area (Å²) in [7, 11) is 0. The third kappa shape index (κ3) is 2.05. The van der Waals surface area contributed by atoms with Gasteiger partial charge in [0.2, 0.25) is 0 Å². The first-order valence-corrected chi connectivity index (χ1v) is 3.78. The van der Waals surface area contributed by atoms with Gasteiger partial charge in [0.05, 0.1) is 6.54 Å². The molecule has 3 heteroatoms. The summed E-state index contributed by atoms with van der Waals surface area (Å²) in [4.78, 5) is 0. The molecule has 0 unspecified atom stereocenters. The van der Waals surface area contributed by atoms with Crippen LogP contribution in [0.4, 0.5) is 4.39 Å². The van der Waals surface area contributed by atoms with E-state index in [9.17, 15) is 4.39 Å². The lowest BCUT2D eigenvalue weighted by atomic mass is 10.3. The Morgan fingerprint density at radius 1 is 1.55 bits per heavy atom. The van der Waals surface area contributed by atoms with Gasteiger partial charge < -0.3 is 10.3 Å². The minimum Gasteiger partial charge on any atom is -0.349 e. The molecule has 11 heavy (non-hydrogen) atoms. The zero-order valence-corrected chi connectivity index (χ0v) is 6.46. The van der Waals surface area contributed by atoms with E-state index >= 15 is 0 Å². The van der Waals surface area contributed by atoms with E-state index < -0.39 is 0 Å². The molecule has 0 fully saturated rings. The fraction of sp³-hybridized carbons (Fsp3) is 0.500. The van der Waals surface area contributed by atoms with Crippen LogP contribution in [0.15, 0.2) is 18.3 Å². The number of aromatic nitrogens is 1.